The van der Waals surface area contributed by atoms with Crippen molar-refractivity contribution in [3.05, 3.63) is 54.4 Å². The van der Waals surface area contributed by atoms with Gasteiger partial charge in [0.2, 0.25) is 0 Å². The molecule has 2 aliphatic heterocycles. The number of nitrogens with zero attached hydrogens (tertiary/aromatic N) is 8. The maximum atomic E-state index is 13.9. The number of carbonyl (C=O) groups is 1. The Morgan fingerprint density at radius 3 is 2.59 bits per heavy atom. The SMILES string of the molecule is COc1nccc(N2CC(n3c(-c4cc5cccnc5n4CC4CC4)nc4cc(C(=O)N5C[C@H]6CC[C@@H]5[C@@H]6N)cc(OC)c43)C2)n1. The van der Waals surface area contributed by atoms with Crippen LogP contribution in [0.15, 0.2) is 48.8 Å². The van der Waals surface area contributed by atoms with Crippen molar-refractivity contribution in [2.75, 3.05) is 38.8 Å². The van der Waals surface area contributed by atoms with Crippen LogP contribution in [0.4, 0.5) is 5.82 Å². The second-order valence-electron chi connectivity index (χ2n) is 13.3. The minimum Gasteiger partial charge on any atom is -0.494 e. The summed E-state index contributed by atoms with van der Waals surface area (Å²) in [5.41, 5.74) is 10.7. The molecule has 3 atom stereocenters. The number of imidazole rings is 1. The average Bonchev–Trinajstić information content (AvgIpc) is 3.41. The van der Waals surface area contributed by atoms with E-state index in [0.717, 1.165) is 71.9 Å². The van der Waals surface area contributed by atoms with Gasteiger partial charge in [-0.3, -0.25) is 4.79 Å². The Balaban J connectivity index is 1.18. The van der Waals surface area contributed by atoms with E-state index in [9.17, 15) is 4.79 Å². The van der Waals surface area contributed by atoms with Crippen molar-refractivity contribution < 1.29 is 14.3 Å². The Morgan fingerprint density at radius 2 is 1.85 bits per heavy atom. The van der Waals surface area contributed by atoms with E-state index in [1.165, 1.54) is 12.8 Å². The molecule has 0 spiro atoms. The smallest absolute Gasteiger partial charge is 0.318 e. The van der Waals surface area contributed by atoms with Gasteiger partial charge in [-0.1, -0.05) is 0 Å². The Morgan fingerprint density at radius 1 is 0.978 bits per heavy atom. The fraction of sp³-hybridized carbons (Fsp3) is 0.441. The van der Waals surface area contributed by atoms with Crippen LogP contribution in [-0.2, 0) is 6.54 Å². The highest BCUT2D eigenvalue weighted by atomic mass is 16.5. The van der Waals surface area contributed by atoms with Crippen molar-refractivity contribution in [3.63, 3.8) is 0 Å². The van der Waals surface area contributed by atoms with Gasteiger partial charge in [0.15, 0.2) is 5.82 Å². The van der Waals surface area contributed by atoms with Gasteiger partial charge < -0.3 is 34.1 Å². The number of hydrogen-bond donors (Lipinski definition) is 1. The summed E-state index contributed by atoms with van der Waals surface area (Å²) in [6.07, 6.45) is 8.08. The van der Waals surface area contributed by atoms with Gasteiger partial charge in [-0.05, 0) is 73.9 Å². The molecule has 4 fully saturated rings. The minimum absolute atomic E-state index is 0.00137. The highest BCUT2D eigenvalue weighted by Crippen LogP contribution is 2.42. The third kappa shape index (κ3) is 4.26. The lowest BCUT2D eigenvalue weighted by molar-refractivity contribution is 0.0700. The molecule has 236 valence electrons. The molecular weight excluding hydrogens is 582 g/mol. The Labute approximate surface area is 266 Å². The highest BCUT2D eigenvalue weighted by molar-refractivity contribution is 6.00. The summed E-state index contributed by atoms with van der Waals surface area (Å²) in [6, 6.07) is 12.6. The summed E-state index contributed by atoms with van der Waals surface area (Å²) in [6.45, 7) is 3.05. The molecule has 6 heterocycles. The number of aromatic nitrogens is 6. The summed E-state index contributed by atoms with van der Waals surface area (Å²) in [7, 11) is 3.24. The molecular formula is C34H37N9O3. The third-order valence-electron chi connectivity index (χ3n) is 10.5. The molecule has 5 aromatic rings. The van der Waals surface area contributed by atoms with E-state index in [1.807, 2.05) is 35.4 Å². The highest BCUT2D eigenvalue weighted by Gasteiger charge is 2.47. The van der Waals surface area contributed by atoms with Crippen molar-refractivity contribution in [2.45, 2.75) is 50.4 Å². The van der Waals surface area contributed by atoms with Crippen LogP contribution in [0, 0.1) is 11.8 Å². The molecule has 1 aromatic carbocycles. The normalized spacial score (nSPS) is 22.6. The number of pyridine rings is 1. The third-order valence-corrected chi connectivity index (χ3v) is 10.5. The van der Waals surface area contributed by atoms with Gasteiger partial charge >= 0.3 is 6.01 Å². The fourth-order valence-electron chi connectivity index (χ4n) is 7.89. The zero-order chi connectivity index (χ0) is 31.1. The zero-order valence-corrected chi connectivity index (χ0v) is 26.0. The van der Waals surface area contributed by atoms with E-state index in [4.69, 9.17) is 25.2 Å². The number of nitrogens with two attached hydrogens (primary N) is 1. The van der Waals surface area contributed by atoms with Gasteiger partial charge in [-0.25, -0.2) is 15.0 Å². The molecule has 4 aromatic heterocycles. The number of amides is 1. The van der Waals surface area contributed by atoms with Gasteiger partial charge in [0.25, 0.3) is 5.91 Å². The van der Waals surface area contributed by atoms with Gasteiger partial charge in [0.05, 0.1) is 31.5 Å². The number of benzene rings is 1. The van der Waals surface area contributed by atoms with E-state index >= 15 is 0 Å². The number of carbonyl (C=O) groups excluding carboxylic acids is 1. The maximum Gasteiger partial charge on any atom is 0.318 e. The summed E-state index contributed by atoms with van der Waals surface area (Å²) >= 11 is 0. The predicted octanol–water partition coefficient (Wildman–Crippen LogP) is 3.89. The summed E-state index contributed by atoms with van der Waals surface area (Å²) in [4.78, 5) is 37.0. The van der Waals surface area contributed by atoms with Crippen LogP contribution in [0.2, 0.25) is 0 Å². The average molecular weight is 620 g/mol. The molecule has 2 aliphatic carbocycles. The van der Waals surface area contributed by atoms with Gasteiger partial charge in [-0.15, -0.1) is 0 Å². The molecule has 0 radical (unpaired) electrons. The quantitative estimate of drug-likeness (QED) is 0.275. The zero-order valence-electron chi connectivity index (χ0n) is 26.0. The van der Waals surface area contributed by atoms with Crippen LogP contribution < -0.4 is 20.1 Å². The first-order chi connectivity index (χ1) is 22.5. The Kier molecular flexibility index (Phi) is 6.24. The number of ether oxygens (including phenoxy) is 2. The van der Waals surface area contributed by atoms with Crippen LogP contribution in [-0.4, -0.2) is 85.8 Å². The van der Waals surface area contributed by atoms with Crippen LogP contribution in [0.1, 0.15) is 42.1 Å². The summed E-state index contributed by atoms with van der Waals surface area (Å²) in [5.74, 6) is 3.32. The topological polar surface area (TPSA) is 129 Å². The molecule has 12 nitrogen and oxygen atoms in total. The van der Waals surface area contributed by atoms with E-state index in [2.05, 4.69) is 36.1 Å². The predicted molar refractivity (Wildman–Crippen MR) is 173 cm³/mol. The number of likely N-dealkylation sites (tertiary alicyclic amines) is 1. The molecule has 2 saturated carbocycles. The number of hydrogen-bond acceptors (Lipinski definition) is 9. The lowest BCUT2D eigenvalue weighted by Gasteiger charge is -2.41. The monoisotopic (exact) mass is 619 g/mol. The number of rotatable bonds is 8. The summed E-state index contributed by atoms with van der Waals surface area (Å²) in [5, 5.41) is 1.09. The van der Waals surface area contributed by atoms with Gasteiger partial charge in [0.1, 0.15) is 22.7 Å². The molecule has 2 saturated heterocycles. The number of methoxy groups -OCH3 is 2. The molecule has 1 amide bonds. The van der Waals surface area contributed by atoms with E-state index in [1.54, 1.807) is 20.4 Å². The number of piperidine rings is 1. The molecule has 0 unspecified atom stereocenters. The lowest BCUT2D eigenvalue weighted by Crippen LogP contribution is -2.48. The van der Waals surface area contributed by atoms with E-state index < -0.39 is 0 Å². The first-order valence-corrected chi connectivity index (χ1v) is 16.2. The largest absolute Gasteiger partial charge is 0.494 e. The molecule has 9 rings (SSSR count). The van der Waals surface area contributed by atoms with Crippen molar-refractivity contribution in [3.8, 4) is 23.3 Å². The van der Waals surface area contributed by atoms with E-state index in [0.29, 0.717) is 35.7 Å². The van der Waals surface area contributed by atoms with Crippen LogP contribution in [0.3, 0.4) is 0 Å². The fourth-order valence-corrected chi connectivity index (χ4v) is 7.89. The van der Waals surface area contributed by atoms with Gasteiger partial charge in [0, 0.05) is 61.6 Å². The Bertz CT molecular complexity index is 1990. The molecule has 12 heteroatoms. The van der Waals surface area contributed by atoms with Crippen molar-refractivity contribution in [1.82, 2.24) is 34.0 Å². The Hall–Kier alpha value is -4.71. The van der Waals surface area contributed by atoms with Gasteiger partial charge in [-0.2, -0.15) is 4.98 Å². The molecule has 4 aliphatic rings. The standard InChI is InChI=1S/C34H37N9O3/c1-45-27-14-22(33(44)42-16-21-7-8-25(42)29(21)35)12-24-30(27)43(23-17-40(18-23)28-9-11-37-34(39-28)46-2)32(38-24)26-13-20-4-3-10-36-31(20)41(26)15-19-5-6-19/h3-4,9-14,19,21,23,25,29H,5-8,15-18,35H2,1-2H3/t21-,25-,29-/m1/s1. The lowest BCUT2D eigenvalue weighted by atomic mass is 10.1. The van der Waals surface area contributed by atoms with Crippen molar-refractivity contribution >= 4 is 33.8 Å². The van der Waals surface area contributed by atoms with Crippen LogP contribution >= 0.6 is 0 Å². The minimum atomic E-state index is -0.00137. The van der Waals surface area contributed by atoms with E-state index in [-0.39, 0.29) is 24.0 Å². The number of anilines is 1. The summed E-state index contributed by atoms with van der Waals surface area (Å²) < 4.78 is 16.0. The maximum absolute atomic E-state index is 13.9. The molecule has 2 N–H and O–H groups in total. The van der Waals surface area contributed by atoms with Crippen molar-refractivity contribution in [2.24, 2.45) is 17.6 Å². The van der Waals surface area contributed by atoms with Crippen LogP contribution in [0.25, 0.3) is 33.6 Å². The van der Waals surface area contributed by atoms with Crippen LogP contribution in [0.5, 0.6) is 11.8 Å². The molecule has 2 bridgehead atoms. The first-order valence-electron chi connectivity index (χ1n) is 16.2. The second kappa shape index (κ2) is 10.4. The number of fused-ring (bicyclic) bond motifs is 4. The second-order valence-corrected chi connectivity index (χ2v) is 13.3. The first kappa shape index (κ1) is 27.6. The molecule has 46 heavy (non-hydrogen) atoms. The van der Waals surface area contributed by atoms with Crippen molar-refractivity contribution in [1.29, 1.82) is 0 Å².